The fraction of sp³-hybridized carbons (Fsp3) is 0.300. The largest absolute Gasteiger partial charge is 0.494 e. The topological polar surface area (TPSA) is 76.7 Å². The van der Waals surface area contributed by atoms with Crippen LogP contribution in [0.2, 0.25) is 0 Å². The third-order valence-electron chi connectivity index (χ3n) is 3.85. The zero-order chi connectivity index (χ0) is 18.4. The van der Waals surface area contributed by atoms with Crippen LogP contribution in [0.25, 0.3) is 0 Å². The molecule has 0 aromatic heterocycles. The quantitative estimate of drug-likeness (QED) is 0.764. The highest BCUT2D eigenvalue weighted by atomic mass is 16.5. The fourth-order valence-corrected chi connectivity index (χ4v) is 2.35. The predicted molar refractivity (Wildman–Crippen MR) is 98.7 cm³/mol. The van der Waals surface area contributed by atoms with E-state index in [4.69, 9.17) is 9.47 Å². The van der Waals surface area contributed by atoms with Crippen molar-refractivity contribution in [2.24, 2.45) is 0 Å². The second-order valence-electron chi connectivity index (χ2n) is 6.07. The predicted octanol–water partition coefficient (Wildman–Crippen LogP) is 3.00. The van der Waals surface area contributed by atoms with Gasteiger partial charge in [0.15, 0.2) is 6.61 Å². The SMILES string of the molecule is CCOc1ccc(OCC(=O)Nc2ccc(C(=O)NC3CC3)cc2)cc1. The molecule has 6 nitrogen and oxygen atoms in total. The van der Waals surface area contributed by atoms with Crippen molar-refractivity contribution in [3.63, 3.8) is 0 Å². The number of carbonyl (C=O) groups is 2. The van der Waals surface area contributed by atoms with E-state index in [0.29, 0.717) is 29.6 Å². The van der Waals surface area contributed by atoms with Crippen LogP contribution in [0.4, 0.5) is 5.69 Å². The first-order chi connectivity index (χ1) is 12.6. The van der Waals surface area contributed by atoms with E-state index < -0.39 is 0 Å². The van der Waals surface area contributed by atoms with Gasteiger partial charge in [-0.15, -0.1) is 0 Å². The van der Waals surface area contributed by atoms with Gasteiger partial charge in [-0.25, -0.2) is 0 Å². The molecule has 0 aliphatic heterocycles. The van der Waals surface area contributed by atoms with Crippen LogP contribution < -0.4 is 20.1 Å². The molecule has 2 N–H and O–H groups in total. The average molecular weight is 354 g/mol. The van der Waals surface area contributed by atoms with Crippen molar-refractivity contribution >= 4 is 17.5 Å². The molecule has 0 atom stereocenters. The molecule has 0 unspecified atom stereocenters. The summed E-state index contributed by atoms with van der Waals surface area (Å²) in [5.74, 6) is 1.00. The van der Waals surface area contributed by atoms with Crippen molar-refractivity contribution in [2.75, 3.05) is 18.5 Å². The molecular formula is C20H22N2O4. The van der Waals surface area contributed by atoms with Crippen molar-refractivity contribution in [1.82, 2.24) is 5.32 Å². The second-order valence-corrected chi connectivity index (χ2v) is 6.07. The molecule has 2 amide bonds. The van der Waals surface area contributed by atoms with Gasteiger partial charge in [-0.1, -0.05) is 0 Å². The highest BCUT2D eigenvalue weighted by Crippen LogP contribution is 2.20. The molecule has 1 fully saturated rings. The summed E-state index contributed by atoms with van der Waals surface area (Å²) in [6.45, 7) is 2.42. The number of hydrogen-bond donors (Lipinski definition) is 2. The van der Waals surface area contributed by atoms with Crippen molar-refractivity contribution < 1.29 is 19.1 Å². The monoisotopic (exact) mass is 354 g/mol. The Morgan fingerprint density at radius 3 is 2.15 bits per heavy atom. The van der Waals surface area contributed by atoms with Crippen LogP contribution in [0, 0.1) is 0 Å². The van der Waals surface area contributed by atoms with Gasteiger partial charge in [-0.2, -0.15) is 0 Å². The summed E-state index contributed by atoms with van der Waals surface area (Å²) in [4.78, 5) is 23.9. The normalized spacial score (nSPS) is 13.0. The molecule has 0 saturated heterocycles. The van der Waals surface area contributed by atoms with Crippen LogP contribution in [0.1, 0.15) is 30.1 Å². The van der Waals surface area contributed by atoms with Gasteiger partial charge in [-0.3, -0.25) is 9.59 Å². The lowest BCUT2D eigenvalue weighted by molar-refractivity contribution is -0.118. The molecule has 0 radical (unpaired) electrons. The van der Waals surface area contributed by atoms with Gasteiger partial charge in [0.2, 0.25) is 0 Å². The Morgan fingerprint density at radius 2 is 1.58 bits per heavy atom. The standard InChI is InChI=1S/C20H22N2O4/c1-2-25-17-9-11-18(12-10-17)26-13-19(23)21-15-5-3-14(4-6-15)20(24)22-16-7-8-16/h3-6,9-12,16H,2,7-8,13H2,1H3,(H,21,23)(H,22,24). The van der Waals surface area contributed by atoms with E-state index in [1.165, 1.54) is 0 Å². The number of amides is 2. The van der Waals surface area contributed by atoms with Crippen LogP contribution in [-0.4, -0.2) is 31.1 Å². The van der Waals surface area contributed by atoms with Gasteiger partial charge in [0.1, 0.15) is 11.5 Å². The van der Waals surface area contributed by atoms with E-state index in [9.17, 15) is 9.59 Å². The van der Waals surface area contributed by atoms with Gasteiger partial charge in [-0.05, 0) is 68.3 Å². The van der Waals surface area contributed by atoms with E-state index in [1.54, 1.807) is 48.5 Å². The molecule has 3 rings (SSSR count). The van der Waals surface area contributed by atoms with Crippen LogP contribution in [0.3, 0.4) is 0 Å². The minimum absolute atomic E-state index is 0.0794. The lowest BCUT2D eigenvalue weighted by Crippen LogP contribution is -2.25. The lowest BCUT2D eigenvalue weighted by Gasteiger charge is -2.09. The maximum Gasteiger partial charge on any atom is 0.262 e. The number of nitrogens with one attached hydrogen (secondary N) is 2. The minimum atomic E-state index is -0.269. The summed E-state index contributed by atoms with van der Waals surface area (Å²) < 4.78 is 10.8. The van der Waals surface area contributed by atoms with Crippen molar-refractivity contribution in [3.8, 4) is 11.5 Å². The van der Waals surface area contributed by atoms with Crippen molar-refractivity contribution in [3.05, 3.63) is 54.1 Å². The Hall–Kier alpha value is -3.02. The first kappa shape index (κ1) is 17.8. The maximum absolute atomic E-state index is 12.0. The molecule has 0 heterocycles. The molecular weight excluding hydrogens is 332 g/mol. The molecule has 0 bridgehead atoms. The van der Waals surface area contributed by atoms with Crippen LogP contribution in [0.15, 0.2) is 48.5 Å². The zero-order valence-corrected chi connectivity index (χ0v) is 14.7. The number of hydrogen-bond acceptors (Lipinski definition) is 4. The molecule has 2 aromatic rings. The Kier molecular flexibility index (Phi) is 5.73. The highest BCUT2D eigenvalue weighted by Gasteiger charge is 2.23. The lowest BCUT2D eigenvalue weighted by atomic mass is 10.2. The van der Waals surface area contributed by atoms with Crippen LogP contribution >= 0.6 is 0 Å². The number of ether oxygens (including phenoxy) is 2. The van der Waals surface area contributed by atoms with E-state index in [-0.39, 0.29) is 18.4 Å². The van der Waals surface area contributed by atoms with Crippen LogP contribution in [0.5, 0.6) is 11.5 Å². The second kappa shape index (κ2) is 8.38. The summed E-state index contributed by atoms with van der Waals surface area (Å²) in [5.41, 5.74) is 1.20. The first-order valence-corrected chi connectivity index (χ1v) is 8.70. The Bertz CT molecular complexity index is 752. The Labute approximate surface area is 152 Å². The Balaban J connectivity index is 1.45. The molecule has 1 aliphatic carbocycles. The molecule has 136 valence electrons. The zero-order valence-electron chi connectivity index (χ0n) is 14.7. The van der Waals surface area contributed by atoms with Crippen molar-refractivity contribution in [1.29, 1.82) is 0 Å². The third-order valence-corrected chi connectivity index (χ3v) is 3.85. The first-order valence-electron chi connectivity index (χ1n) is 8.70. The number of rotatable bonds is 8. The summed E-state index contributed by atoms with van der Waals surface area (Å²) in [6, 6.07) is 14.2. The van der Waals surface area contributed by atoms with Crippen LogP contribution in [-0.2, 0) is 4.79 Å². The van der Waals surface area contributed by atoms with Gasteiger partial charge >= 0.3 is 0 Å². The molecule has 1 saturated carbocycles. The van der Waals surface area contributed by atoms with E-state index in [0.717, 1.165) is 18.6 Å². The average Bonchev–Trinajstić information content (AvgIpc) is 3.46. The van der Waals surface area contributed by atoms with Gasteiger partial charge in [0.05, 0.1) is 6.61 Å². The van der Waals surface area contributed by atoms with E-state index >= 15 is 0 Å². The molecule has 0 spiro atoms. The summed E-state index contributed by atoms with van der Waals surface area (Å²) in [5, 5.41) is 5.67. The highest BCUT2D eigenvalue weighted by molar-refractivity contribution is 5.96. The molecule has 6 heteroatoms. The third kappa shape index (κ3) is 5.24. The minimum Gasteiger partial charge on any atom is -0.494 e. The van der Waals surface area contributed by atoms with Gasteiger partial charge in [0, 0.05) is 17.3 Å². The number of anilines is 1. The summed E-state index contributed by atoms with van der Waals surface area (Å²) in [7, 11) is 0. The molecule has 1 aliphatic rings. The van der Waals surface area contributed by atoms with E-state index in [1.807, 2.05) is 6.92 Å². The van der Waals surface area contributed by atoms with E-state index in [2.05, 4.69) is 10.6 Å². The fourth-order valence-electron chi connectivity index (χ4n) is 2.35. The smallest absolute Gasteiger partial charge is 0.262 e. The molecule has 26 heavy (non-hydrogen) atoms. The summed E-state index contributed by atoms with van der Waals surface area (Å²) >= 11 is 0. The number of carbonyl (C=O) groups excluding carboxylic acids is 2. The Morgan fingerprint density at radius 1 is 0.962 bits per heavy atom. The van der Waals surface area contributed by atoms with Gasteiger partial charge < -0.3 is 20.1 Å². The number of benzene rings is 2. The van der Waals surface area contributed by atoms with Gasteiger partial charge in [0.25, 0.3) is 11.8 Å². The van der Waals surface area contributed by atoms with Crippen molar-refractivity contribution in [2.45, 2.75) is 25.8 Å². The summed E-state index contributed by atoms with van der Waals surface area (Å²) in [6.07, 6.45) is 2.10. The maximum atomic E-state index is 12.0. The molecule has 2 aromatic carbocycles.